The minimum Gasteiger partial charge on any atom is -0.453 e. The van der Waals surface area contributed by atoms with Crippen molar-refractivity contribution in [1.29, 1.82) is 0 Å². The minimum absolute atomic E-state index is 0.492. The number of hydrogen-bond acceptors (Lipinski definition) is 5. The Morgan fingerprint density at radius 3 is 2.74 bits per heavy atom. The molecule has 1 heterocycles. The fraction of sp³-hybridized carbons (Fsp3) is 0.154. The lowest BCUT2D eigenvalue weighted by molar-refractivity contribution is 0.187. The Kier molecular flexibility index (Phi) is 4.28. The topological polar surface area (TPSA) is 76.1 Å². The van der Waals surface area contributed by atoms with Gasteiger partial charge in [-0.2, -0.15) is 0 Å². The third kappa shape index (κ3) is 3.95. The van der Waals surface area contributed by atoms with E-state index in [4.69, 9.17) is 0 Å². The van der Waals surface area contributed by atoms with Crippen LogP contribution >= 0.6 is 0 Å². The molecule has 2 rings (SSSR count). The quantitative estimate of drug-likeness (QED) is 0.879. The van der Waals surface area contributed by atoms with Gasteiger partial charge in [-0.05, 0) is 18.2 Å². The number of anilines is 2. The van der Waals surface area contributed by atoms with Crippen molar-refractivity contribution in [2.45, 2.75) is 6.54 Å². The number of carbonyl (C=O) groups is 1. The van der Waals surface area contributed by atoms with Crippen molar-refractivity contribution in [3.63, 3.8) is 0 Å². The highest BCUT2D eigenvalue weighted by atomic mass is 16.5. The summed E-state index contributed by atoms with van der Waals surface area (Å²) in [4.78, 5) is 19.0. The van der Waals surface area contributed by atoms with Crippen LogP contribution in [0.4, 0.5) is 16.2 Å². The maximum absolute atomic E-state index is 11.1. The van der Waals surface area contributed by atoms with Gasteiger partial charge in [0, 0.05) is 35.9 Å². The van der Waals surface area contributed by atoms with Crippen LogP contribution in [0.25, 0.3) is 0 Å². The largest absolute Gasteiger partial charge is 0.453 e. The predicted octanol–water partition coefficient (Wildman–Crippen LogP) is 2.27. The van der Waals surface area contributed by atoms with Gasteiger partial charge in [0.05, 0.1) is 7.11 Å². The molecule has 0 atom stereocenters. The third-order valence-electron chi connectivity index (χ3n) is 2.41. The summed E-state index contributed by atoms with van der Waals surface area (Å²) in [6.07, 6.45) is 4.49. The number of hydrogen-bond donors (Lipinski definition) is 2. The molecule has 0 saturated carbocycles. The molecule has 6 heteroatoms. The molecule has 0 bridgehead atoms. The molecule has 0 saturated heterocycles. The molecule has 0 spiro atoms. The monoisotopic (exact) mass is 258 g/mol. The van der Waals surface area contributed by atoms with Gasteiger partial charge < -0.3 is 10.1 Å². The van der Waals surface area contributed by atoms with Crippen LogP contribution < -0.4 is 10.6 Å². The summed E-state index contributed by atoms with van der Waals surface area (Å²) < 4.78 is 4.54. The van der Waals surface area contributed by atoms with Crippen LogP contribution in [0, 0.1) is 0 Å². The standard InChI is InChI=1S/C13H14N4O2/c1-19-13(18)17-12-4-2-3-11(5-12)16-8-10-6-14-9-15-7-10/h2-7,9,16H,8H2,1H3,(H,17,18). The average molecular weight is 258 g/mol. The molecule has 0 fully saturated rings. The van der Waals surface area contributed by atoms with Crippen LogP contribution in [0.15, 0.2) is 43.0 Å². The van der Waals surface area contributed by atoms with E-state index in [9.17, 15) is 4.79 Å². The number of ether oxygens (including phenoxy) is 1. The second kappa shape index (κ2) is 6.34. The number of carbonyl (C=O) groups excluding carboxylic acids is 1. The highest BCUT2D eigenvalue weighted by molar-refractivity contribution is 5.85. The molecule has 1 aromatic heterocycles. The van der Waals surface area contributed by atoms with Crippen LogP contribution in [0.2, 0.25) is 0 Å². The van der Waals surface area contributed by atoms with Gasteiger partial charge >= 0.3 is 6.09 Å². The molecule has 6 nitrogen and oxygen atoms in total. The first-order chi connectivity index (χ1) is 9.28. The van der Waals surface area contributed by atoms with Crippen molar-refractivity contribution in [2.75, 3.05) is 17.7 Å². The molecule has 0 aliphatic heterocycles. The van der Waals surface area contributed by atoms with Crippen molar-refractivity contribution in [3.8, 4) is 0 Å². The zero-order chi connectivity index (χ0) is 13.5. The molecule has 2 aromatic rings. The Labute approximate surface area is 110 Å². The fourth-order valence-electron chi connectivity index (χ4n) is 1.50. The molecular weight excluding hydrogens is 244 g/mol. The van der Waals surface area contributed by atoms with Gasteiger partial charge in [0.25, 0.3) is 0 Å². The van der Waals surface area contributed by atoms with E-state index in [0.717, 1.165) is 11.3 Å². The molecule has 0 unspecified atom stereocenters. The van der Waals surface area contributed by atoms with E-state index in [1.165, 1.54) is 13.4 Å². The van der Waals surface area contributed by atoms with Gasteiger partial charge in [0.1, 0.15) is 6.33 Å². The lowest BCUT2D eigenvalue weighted by Crippen LogP contribution is -2.11. The highest BCUT2D eigenvalue weighted by Gasteiger charge is 2.01. The van der Waals surface area contributed by atoms with Gasteiger partial charge in [-0.1, -0.05) is 6.07 Å². The van der Waals surface area contributed by atoms with E-state index < -0.39 is 6.09 Å². The fourth-order valence-corrected chi connectivity index (χ4v) is 1.50. The van der Waals surface area contributed by atoms with Crippen molar-refractivity contribution in [1.82, 2.24) is 9.97 Å². The summed E-state index contributed by atoms with van der Waals surface area (Å²) in [5, 5.41) is 5.82. The van der Waals surface area contributed by atoms with E-state index in [2.05, 4.69) is 25.3 Å². The minimum atomic E-state index is -0.492. The lowest BCUT2D eigenvalue weighted by Gasteiger charge is -2.08. The zero-order valence-electron chi connectivity index (χ0n) is 10.5. The van der Waals surface area contributed by atoms with Gasteiger partial charge in [-0.15, -0.1) is 0 Å². The number of nitrogens with one attached hydrogen (secondary N) is 2. The van der Waals surface area contributed by atoms with Gasteiger partial charge in [-0.25, -0.2) is 14.8 Å². The predicted molar refractivity (Wildman–Crippen MR) is 71.8 cm³/mol. The molecule has 19 heavy (non-hydrogen) atoms. The first kappa shape index (κ1) is 12.8. The van der Waals surface area contributed by atoms with Gasteiger partial charge in [-0.3, -0.25) is 5.32 Å². The normalized spacial score (nSPS) is 9.74. The molecular formula is C13H14N4O2. The summed E-state index contributed by atoms with van der Waals surface area (Å²) in [5.41, 5.74) is 2.53. The van der Waals surface area contributed by atoms with Gasteiger partial charge in [0.15, 0.2) is 0 Å². The summed E-state index contributed by atoms with van der Waals surface area (Å²) in [6, 6.07) is 7.36. The van der Waals surface area contributed by atoms with Crippen LogP contribution in [0.1, 0.15) is 5.56 Å². The summed E-state index contributed by atoms with van der Waals surface area (Å²) in [5.74, 6) is 0. The molecule has 1 aromatic carbocycles. The number of aromatic nitrogens is 2. The first-order valence-electron chi connectivity index (χ1n) is 5.71. The molecule has 0 aliphatic carbocycles. The first-order valence-corrected chi connectivity index (χ1v) is 5.71. The summed E-state index contributed by atoms with van der Waals surface area (Å²) >= 11 is 0. The van der Waals surface area contributed by atoms with Crippen LogP contribution in [0.3, 0.4) is 0 Å². The zero-order valence-corrected chi connectivity index (χ0v) is 10.5. The number of rotatable bonds is 4. The lowest BCUT2D eigenvalue weighted by atomic mass is 10.2. The second-order valence-corrected chi connectivity index (χ2v) is 3.80. The van der Waals surface area contributed by atoms with Crippen LogP contribution in [-0.2, 0) is 11.3 Å². The van der Waals surface area contributed by atoms with Crippen molar-refractivity contribution in [2.24, 2.45) is 0 Å². The molecule has 0 aliphatic rings. The highest BCUT2D eigenvalue weighted by Crippen LogP contribution is 2.15. The Bertz CT molecular complexity index is 545. The molecule has 0 radical (unpaired) electrons. The number of methoxy groups -OCH3 is 1. The SMILES string of the molecule is COC(=O)Nc1cccc(NCc2cncnc2)c1. The maximum atomic E-state index is 11.1. The van der Waals surface area contributed by atoms with Crippen molar-refractivity contribution >= 4 is 17.5 Å². The Hall–Kier alpha value is -2.63. The second-order valence-electron chi connectivity index (χ2n) is 3.80. The molecule has 98 valence electrons. The smallest absolute Gasteiger partial charge is 0.411 e. The number of nitrogens with zero attached hydrogens (tertiary/aromatic N) is 2. The number of amides is 1. The number of benzene rings is 1. The third-order valence-corrected chi connectivity index (χ3v) is 2.41. The Morgan fingerprint density at radius 1 is 1.26 bits per heavy atom. The summed E-state index contributed by atoms with van der Waals surface area (Å²) in [7, 11) is 1.33. The molecule has 1 amide bonds. The van der Waals surface area contributed by atoms with E-state index in [0.29, 0.717) is 12.2 Å². The maximum Gasteiger partial charge on any atom is 0.411 e. The van der Waals surface area contributed by atoms with Gasteiger partial charge in [0.2, 0.25) is 0 Å². The van der Waals surface area contributed by atoms with E-state index >= 15 is 0 Å². The van der Waals surface area contributed by atoms with Crippen molar-refractivity contribution in [3.05, 3.63) is 48.5 Å². The van der Waals surface area contributed by atoms with E-state index in [-0.39, 0.29) is 0 Å². The Balaban J connectivity index is 1.97. The van der Waals surface area contributed by atoms with E-state index in [1.807, 2.05) is 18.2 Å². The van der Waals surface area contributed by atoms with E-state index in [1.54, 1.807) is 18.5 Å². The summed E-state index contributed by atoms with van der Waals surface area (Å²) in [6.45, 7) is 0.614. The Morgan fingerprint density at radius 2 is 2.00 bits per heavy atom. The van der Waals surface area contributed by atoms with Crippen LogP contribution in [0.5, 0.6) is 0 Å². The average Bonchev–Trinajstić information content (AvgIpc) is 2.46. The van der Waals surface area contributed by atoms with Crippen molar-refractivity contribution < 1.29 is 9.53 Å². The van der Waals surface area contributed by atoms with Crippen LogP contribution in [-0.4, -0.2) is 23.2 Å². The molecule has 2 N–H and O–H groups in total.